The highest BCUT2D eigenvalue weighted by Gasteiger charge is 2.27. The van der Waals surface area contributed by atoms with Crippen molar-refractivity contribution in [3.63, 3.8) is 0 Å². The Labute approximate surface area is 315 Å². The van der Waals surface area contributed by atoms with Crippen LogP contribution in [0.4, 0.5) is 0 Å². The molecule has 0 aromatic carbocycles. The van der Waals surface area contributed by atoms with Crippen LogP contribution in [0.5, 0.6) is 0 Å². The monoisotopic (exact) mass is 740 g/mol. The molecule has 51 heavy (non-hydrogen) atoms. The lowest BCUT2D eigenvalue weighted by molar-refractivity contribution is -0.130. The van der Waals surface area contributed by atoms with Gasteiger partial charge in [0.05, 0.1) is 17.9 Å². The lowest BCUT2D eigenvalue weighted by Crippen LogP contribution is -2.50. The van der Waals surface area contributed by atoms with Crippen LogP contribution in [0.1, 0.15) is 206 Å². The number of nitrogens with one attached hydrogen (secondary N) is 1. The maximum Gasteiger partial charge on any atom is 0.267 e. The fourth-order valence-corrected chi connectivity index (χ4v) is 7.10. The van der Waals surface area contributed by atoms with Crippen molar-refractivity contribution in [2.45, 2.75) is 225 Å². The van der Waals surface area contributed by atoms with Crippen molar-refractivity contribution in [1.82, 2.24) is 5.32 Å². The van der Waals surface area contributed by atoms with Gasteiger partial charge >= 0.3 is 0 Å². The molecule has 3 unspecified atom stereocenters. The second kappa shape index (κ2) is 36.9. The van der Waals surface area contributed by atoms with Crippen molar-refractivity contribution >= 4 is 16.0 Å². The maximum atomic E-state index is 12.6. The van der Waals surface area contributed by atoms with Gasteiger partial charge in [-0.1, -0.05) is 192 Å². The van der Waals surface area contributed by atoms with Crippen LogP contribution in [0.3, 0.4) is 0 Å². The highest BCUT2D eigenvalue weighted by Crippen LogP contribution is 2.15. The second-order valence-corrected chi connectivity index (χ2v) is 16.3. The summed E-state index contributed by atoms with van der Waals surface area (Å²) in [4.78, 5) is 12.6. The number of amides is 1. The highest BCUT2D eigenvalue weighted by molar-refractivity contribution is 7.85. The molecule has 0 aliphatic rings. The smallest absolute Gasteiger partial charge is 0.267 e. The molecule has 3 atom stereocenters. The molecule has 8 heteroatoms. The van der Waals surface area contributed by atoms with Crippen LogP contribution < -0.4 is 5.32 Å². The van der Waals surface area contributed by atoms with E-state index in [0.717, 1.165) is 64.2 Å². The number of unbranched alkanes of at least 4 members (excludes halogenated alkanes) is 25. The molecule has 300 valence electrons. The van der Waals surface area contributed by atoms with Gasteiger partial charge in [0.25, 0.3) is 10.1 Å². The van der Waals surface area contributed by atoms with Gasteiger partial charge < -0.3 is 15.5 Å². The van der Waals surface area contributed by atoms with E-state index in [2.05, 4.69) is 43.5 Å². The molecule has 0 rings (SSSR count). The molecule has 0 heterocycles. The zero-order valence-electron chi connectivity index (χ0n) is 33.1. The fourth-order valence-electron chi connectivity index (χ4n) is 6.37. The van der Waals surface area contributed by atoms with E-state index in [1.54, 1.807) is 6.08 Å². The van der Waals surface area contributed by atoms with E-state index in [4.69, 9.17) is 0 Å². The van der Waals surface area contributed by atoms with Gasteiger partial charge in [0.15, 0.2) is 0 Å². The van der Waals surface area contributed by atoms with Crippen LogP contribution >= 0.6 is 0 Å². The molecule has 0 aromatic rings. The SMILES string of the molecule is CCCCC/C=C\C/C=C\CCCCCCCCC(O)C(=O)NC(CS(=O)(=O)O)C(O)/C=C/CCCCCCCCCCCCCCCCCC. The first kappa shape index (κ1) is 49.5. The van der Waals surface area contributed by atoms with Crippen LogP contribution in [-0.4, -0.2) is 53.1 Å². The minimum absolute atomic E-state index is 0.268. The molecular formula is C43H81NO6S. The summed E-state index contributed by atoms with van der Waals surface area (Å²) >= 11 is 0. The molecule has 0 aromatic heterocycles. The summed E-state index contributed by atoms with van der Waals surface area (Å²) in [5.74, 6) is -1.54. The second-order valence-electron chi connectivity index (χ2n) is 14.8. The fraction of sp³-hybridized carbons (Fsp3) is 0.837. The van der Waals surface area contributed by atoms with E-state index < -0.39 is 40.0 Å². The van der Waals surface area contributed by atoms with Gasteiger partial charge in [0.1, 0.15) is 6.10 Å². The van der Waals surface area contributed by atoms with E-state index in [1.807, 2.05) is 0 Å². The molecule has 4 N–H and O–H groups in total. The van der Waals surface area contributed by atoms with Crippen LogP contribution in [0.2, 0.25) is 0 Å². The standard InChI is InChI=1S/C43H81NO6S/c1-3-5-7-9-11-13-15-17-19-21-22-24-25-27-29-31-33-35-37-41(45)40(39-51(48,49)50)44-43(47)42(46)38-36-34-32-30-28-26-23-20-18-16-14-12-10-8-6-4-2/h12,14,18,20,35,37,40-42,45-46H,3-11,13,15-17,19,21-34,36,38-39H2,1-2H3,(H,44,47)(H,48,49,50)/b14-12-,20-18-,37-35+. The van der Waals surface area contributed by atoms with E-state index in [9.17, 15) is 28.0 Å². The number of carbonyl (C=O) groups is 1. The van der Waals surface area contributed by atoms with Crippen LogP contribution in [0.25, 0.3) is 0 Å². The Morgan fingerprint density at radius 2 is 0.922 bits per heavy atom. The molecular weight excluding hydrogens is 659 g/mol. The minimum Gasteiger partial charge on any atom is -0.387 e. The van der Waals surface area contributed by atoms with Crippen LogP contribution in [0, 0.1) is 0 Å². The summed E-state index contributed by atoms with van der Waals surface area (Å²) in [7, 11) is -4.44. The molecule has 0 aliphatic carbocycles. The molecule has 0 saturated carbocycles. The molecule has 0 aliphatic heterocycles. The normalized spacial score (nSPS) is 14.2. The van der Waals surface area contributed by atoms with Crippen LogP contribution in [0.15, 0.2) is 36.5 Å². The van der Waals surface area contributed by atoms with Gasteiger partial charge in [-0.05, 0) is 51.4 Å². The zero-order chi connectivity index (χ0) is 37.7. The maximum absolute atomic E-state index is 12.6. The Morgan fingerprint density at radius 3 is 1.37 bits per heavy atom. The third kappa shape index (κ3) is 36.7. The number of hydrogen-bond donors (Lipinski definition) is 4. The van der Waals surface area contributed by atoms with E-state index in [1.165, 1.54) is 122 Å². The molecule has 0 bridgehead atoms. The molecule has 0 radical (unpaired) electrons. The van der Waals surface area contributed by atoms with Crippen LogP contribution in [-0.2, 0) is 14.9 Å². The number of hydrogen-bond acceptors (Lipinski definition) is 5. The van der Waals surface area contributed by atoms with Crippen molar-refractivity contribution in [2.75, 3.05) is 5.75 Å². The number of allylic oxidation sites excluding steroid dienone is 5. The van der Waals surface area contributed by atoms with Crippen molar-refractivity contribution < 1.29 is 28.0 Å². The lowest BCUT2D eigenvalue weighted by Gasteiger charge is -2.22. The largest absolute Gasteiger partial charge is 0.387 e. The molecule has 0 saturated heterocycles. The first-order chi connectivity index (χ1) is 24.7. The first-order valence-electron chi connectivity index (χ1n) is 21.3. The number of aliphatic hydroxyl groups excluding tert-OH is 2. The van der Waals surface area contributed by atoms with E-state index >= 15 is 0 Å². The average Bonchev–Trinajstić information content (AvgIpc) is 3.09. The van der Waals surface area contributed by atoms with Gasteiger partial charge in [-0.2, -0.15) is 8.42 Å². The number of rotatable bonds is 38. The Balaban J connectivity index is 4.04. The van der Waals surface area contributed by atoms with Crippen molar-refractivity contribution in [1.29, 1.82) is 0 Å². The molecule has 1 amide bonds. The first-order valence-corrected chi connectivity index (χ1v) is 22.9. The van der Waals surface area contributed by atoms with Gasteiger partial charge in [-0.15, -0.1) is 0 Å². The predicted octanol–water partition coefficient (Wildman–Crippen LogP) is 11.5. The number of carbonyl (C=O) groups excluding carboxylic acids is 1. The van der Waals surface area contributed by atoms with Gasteiger partial charge in [-0.25, -0.2) is 0 Å². The highest BCUT2D eigenvalue weighted by atomic mass is 32.2. The quantitative estimate of drug-likeness (QED) is 0.0284. The summed E-state index contributed by atoms with van der Waals surface area (Å²) in [5.41, 5.74) is 0. The molecule has 7 nitrogen and oxygen atoms in total. The Morgan fingerprint density at radius 1 is 0.549 bits per heavy atom. The Kier molecular flexibility index (Phi) is 35.8. The lowest BCUT2D eigenvalue weighted by atomic mass is 10.0. The van der Waals surface area contributed by atoms with Gasteiger partial charge in [-0.3, -0.25) is 9.35 Å². The number of aliphatic hydroxyl groups is 2. The van der Waals surface area contributed by atoms with E-state index in [-0.39, 0.29) is 6.42 Å². The zero-order valence-corrected chi connectivity index (χ0v) is 33.9. The summed E-state index contributed by atoms with van der Waals surface area (Å²) < 4.78 is 32.5. The summed E-state index contributed by atoms with van der Waals surface area (Å²) in [6.45, 7) is 4.49. The predicted molar refractivity (Wildman–Crippen MR) is 218 cm³/mol. The summed E-state index contributed by atoms with van der Waals surface area (Å²) in [6, 6.07) is -1.24. The Bertz CT molecular complexity index is 964. The molecule has 0 fully saturated rings. The van der Waals surface area contributed by atoms with Gasteiger partial charge in [0.2, 0.25) is 5.91 Å². The Hall–Kier alpha value is -1.48. The third-order valence-corrected chi connectivity index (χ3v) is 10.4. The topological polar surface area (TPSA) is 124 Å². The van der Waals surface area contributed by atoms with Crippen molar-refractivity contribution in [2.24, 2.45) is 0 Å². The molecule has 0 spiro atoms. The summed E-state index contributed by atoms with van der Waals surface area (Å²) in [6.07, 6.45) is 44.8. The average molecular weight is 740 g/mol. The summed E-state index contributed by atoms with van der Waals surface area (Å²) in [5, 5.41) is 23.4. The van der Waals surface area contributed by atoms with Gasteiger partial charge in [0, 0.05) is 0 Å². The van der Waals surface area contributed by atoms with Crippen molar-refractivity contribution in [3.8, 4) is 0 Å². The minimum atomic E-state index is -4.44. The van der Waals surface area contributed by atoms with Crippen molar-refractivity contribution in [3.05, 3.63) is 36.5 Å². The van der Waals surface area contributed by atoms with E-state index in [0.29, 0.717) is 6.42 Å². The third-order valence-electron chi connectivity index (χ3n) is 9.67.